The average Bonchev–Trinajstić information content (AvgIpc) is 3.04. The molecule has 122 valence electrons. The van der Waals surface area contributed by atoms with Gasteiger partial charge in [-0.25, -0.2) is 9.37 Å². The molecule has 4 nitrogen and oxygen atoms in total. The number of hydrogen-bond donors (Lipinski definition) is 1. The summed E-state index contributed by atoms with van der Waals surface area (Å²) in [7, 11) is 0. The zero-order valence-corrected chi connectivity index (χ0v) is 13.6. The zero-order valence-electron chi connectivity index (χ0n) is 12.8. The van der Waals surface area contributed by atoms with E-state index < -0.39 is 0 Å². The number of rotatable bonds is 5. The number of benzene rings is 1. The van der Waals surface area contributed by atoms with Crippen molar-refractivity contribution in [2.45, 2.75) is 43.4 Å². The molecule has 6 heteroatoms. The summed E-state index contributed by atoms with van der Waals surface area (Å²) in [6.45, 7) is 0. The Balaban J connectivity index is 1.50. The fourth-order valence-corrected chi connectivity index (χ4v) is 3.33. The van der Waals surface area contributed by atoms with Crippen molar-refractivity contribution in [1.29, 1.82) is 0 Å². The number of halogens is 1. The van der Waals surface area contributed by atoms with E-state index in [0.717, 1.165) is 18.4 Å². The maximum Gasteiger partial charge on any atom is 0.256 e. The van der Waals surface area contributed by atoms with Crippen LogP contribution < -0.4 is 5.32 Å². The van der Waals surface area contributed by atoms with Crippen molar-refractivity contribution in [3.05, 3.63) is 36.3 Å². The highest BCUT2D eigenvalue weighted by atomic mass is 32.2. The van der Waals surface area contributed by atoms with Crippen molar-refractivity contribution < 1.29 is 13.6 Å². The van der Waals surface area contributed by atoms with Crippen LogP contribution in [0.25, 0.3) is 11.3 Å². The molecule has 0 spiro atoms. The third-order valence-corrected chi connectivity index (χ3v) is 4.75. The summed E-state index contributed by atoms with van der Waals surface area (Å²) < 4.78 is 18.5. The summed E-state index contributed by atoms with van der Waals surface area (Å²) >= 11 is 1.27. The van der Waals surface area contributed by atoms with Gasteiger partial charge in [-0.2, -0.15) is 0 Å². The minimum Gasteiger partial charge on any atom is -0.431 e. The Morgan fingerprint density at radius 3 is 2.74 bits per heavy atom. The molecule has 0 saturated heterocycles. The molecule has 1 amide bonds. The Bertz CT molecular complexity index is 651. The summed E-state index contributed by atoms with van der Waals surface area (Å²) in [5.41, 5.74) is 0.761. The number of amides is 1. The van der Waals surface area contributed by atoms with Gasteiger partial charge in [-0.3, -0.25) is 4.79 Å². The average molecular weight is 334 g/mol. The predicted octanol–water partition coefficient (Wildman–Crippen LogP) is 4.02. The van der Waals surface area contributed by atoms with E-state index in [1.165, 1.54) is 43.2 Å². The summed E-state index contributed by atoms with van der Waals surface area (Å²) in [6.07, 6.45) is 7.39. The Morgan fingerprint density at radius 1 is 1.26 bits per heavy atom. The van der Waals surface area contributed by atoms with Gasteiger partial charge in [0.15, 0.2) is 5.76 Å². The second kappa shape index (κ2) is 7.64. The van der Waals surface area contributed by atoms with Crippen LogP contribution >= 0.6 is 11.8 Å². The van der Waals surface area contributed by atoms with Crippen LogP contribution in [-0.2, 0) is 4.79 Å². The molecule has 2 aromatic rings. The van der Waals surface area contributed by atoms with Crippen molar-refractivity contribution in [2.75, 3.05) is 5.75 Å². The van der Waals surface area contributed by atoms with Gasteiger partial charge in [0.2, 0.25) is 5.91 Å². The van der Waals surface area contributed by atoms with Crippen molar-refractivity contribution in [1.82, 2.24) is 10.3 Å². The van der Waals surface area contributed by atoms with Gasteiger partial charge in [0.25, 0.3) is 5.22 Å². The number of hydrogen-bond acceptors (Lipinski definition) is 4. The Kier molecular flexibility index (Phi) is 5.33. The van der Waals surface area contributed by atoms with Crippen molar-refractivity contribution >= 4 is 17.7 Å². The Morgan fingerprint density at radius 2 is 2.00 bits per heavy atom. The molecule has 1 aromatic carbocycles. The number of aromatic nitrogens is 1. The largest absolute Gasteiger partial charge is 0.431 e. The molecule has 3 rings (SSSR count). The topological polar surface area (TPSA) is 55.1 Å². The van der Waals surface area contributed by atoms with Crippen LogP contribution in [0.2, 0.25) is 0 Å². The number of nitrogens with zero attached hydrogens (tertiary/aromatic N) is 1. The maximum absolute atomic E-state index is 12.9. The number of thioether (sulfide) groups is 1. The van der Waals surface area contributed by atoms with Gasteiger partial charge in [-0.15, -0.1) is 0 Å². The van der Waals surface area contributed by atoms with Crippen LogP contribution in [-0.4, -0.2) is 22.7 Å². The molecule has 0 atom stereocenters. The molecule has 1 N–H and O–H groups in total. The zero-order chi connectivity index (χ0) is 16.1. The number of nitrogens with one attached hydrogen (secondary N) is 1. The molecule has 1 heterocycles. The van der Waals surface area contributed by atoms with Gasteiger partial charge in [0, 0.05) is 11.6 Å². The van der Waals surface area contributed by atoms with E-state index in [9.17, 15) is 9.18 Å². The molecule has 0 unspecified atom stereocenters. The molecule has 1 aromatic heterocycles. The maximum atomic E-state index is 12.9. The van der Waals surface area contributed by atoms with Crippen LogP contribution in [0.15, 0.2) is 40.1 Å². The third kappa shape index (κ3) is 4.58. The molecular formula is C17H19FN2O2S. The Labute approximate surface area is 138 Å². The second-order valence-corrected chi connectivity index (χ2v) is 6.62. The van der Waals surface area contributed by atoms with Crippen LogP contribution in [0.1, 0.15) is 32.1 Å². The normalized spacial score (nSPS) is 15.5. The smallest absolute Gasteiger partial charge is 0.256 e. The first-order chi connectivity index (χ1) is 11.2. The summed E-state index contributed by atoms with van der Waals surface area (Å²) in [5.74, 6) is 0.589. The minimum absolute atomic E-state index is 0.0171. The summed E-state index contributed by atoms with van der Waals surface area (Å²) in [6, 6.07) is 6.35. The van der Waals surface area contributed by atoms with E-state index >= 15 is 0 Å². The van der Waals surface area contributed by atoms with Crippen molar-refractivity contribution in [3.8, 4) is 11.3 Å². The molecule has 0 radical (unpaired) electrons. The lowest BCUT2D eigenvalue weighted by atomic mass is 9.95. The fourth-order valence-electron chi connectivity index (χ4n) is 2.72. The van der Waals surface area contributed by atoms with Gasteiger partial charge >= 0.3 is 0 Å². The van der Waals surface area contributed by atoms with Gasteiger partial charge in [-0.1, -0.05) is 31.0 Å². The van der Waals surface area contributed by atoms with Gasteiger partial charge in [0.1, 0.15) is 5.82 Å². The molecule has 1 saturated carbocycles. The fraction of sp³-hybridized carbons (Fsp3) is 0.412. The van der Waals surface area contributed by atoms with E-state index in [-0.39, 0.29) is 11.7 Å². The Hall–Kier alpha value is -1.82. The summed E-state index contributed by atoms with van der Waals surface area (Å²) in [4.78, 5) is 16.1. The molecule has 1 aliphatic carbocycles. The first-order valence-corrected chi connectivity index (χ1v) is 8.83. The lowest BCUT2D eigenvalue weighted by Gasteiger charge is -2.22. The first kappa shape index (κ1) is 16.1. The minimum atomic E-state index is -0.290. The highest BCUT2D eigenvalue weighted by Crippen LogP contribution is 2.25. The lowest BCUT2D eigenvalue weighted by Crippen LogP contribution is -2.37. The number of carbonyl (C=O) groups is 1. The van der Waals surface area contributed by atoms with E-state index in [1.807, 2.05) is 0 Å². The standard InChI is InChI=1S/C17H19FN2O2S/c18-13-8-6-12(7-9-13)15-10-19-17(22-15)23-11-16(21)20-14-4-2-1-3-5-14/h6-10,14H,1-5,11H2,(H,20,21). The molecule has 0 bridgehead atoms. The lowest BCUT2D eigenvalue weighted by molar-refractivity contribution is -0.119. The van der Waals surface area contributed by atoms with Crippen LogP contribution in [0, 0.1) is 5.82 Å². The van der Waals surface area contributed by atoms with Crippen molar-refractivity contribution in [3.63, 3.8) is 0 Å². The SMILES string of the molecule is O=C(CSc1ncc(-c2ccc(F)cc2)o1)NC1CCCCC1. The van der Waals surface area contributed by atoms with Crippen LogP contribution in [0.5, 0.6) is 0 Å². The molecule has 0 aliphatic heterocycles. The predicted molar refractivity (Wildman–Crippen MR) is 87.6 cm³/mol. The monoisotopic (exact) mass is 334 g/mol. The highest BCUT2D eigenvalue weighted by molar-refractivity contribution is 7.99. The first-order valence-electron chi connectivity index (χ1n) is 7.84. The quantitative estimate of drug-likeness (QED) is 0.839. The number of carbonyl (C=O) groups excluding carboxylic acids is 1. The van der Waals surface area contributed by atoms with Crippen LogP contribution in [0.4, 0.5) is 4.39 Å². The van der Waals surface area contributed by atoms with E-state index in [2.05, 4.69) is 10.3 Å². The summed E-state index contributed by atoms with van der Waals surface area (Å²) in [5, 5.41) is 3.51. The molecule has 23 heavy (non-hydrogen) atoms. The third-order valence-electron chi connectivity index (χ3n) is 3.91. The van der Waals surface area contributed by atoms with Gasteiger partial charge < -0.3 is 9.73 Å². The van der Waals surface area contributed by atoms with Gasteiger partial charge in [0.05, 0.1) is 11.9 Å². The molecule has 1 fully saturated rings. The van der Waals surface area contributed by atoms with Crippen LogP contribution in [0.3, 0.4) is 0 Å². The van der Waals surface area contributed by atoms with Gasteiger partial charge in [-0.05, 0) is 37.1 Å². The highest BCUT2D eigenvalue weighted by Gasteiger charge is 2.16. The number of oxazole rings is 1. The molecular weight excluding hydrogens is 315 g/mol. The van der Waals surface area contributed by atoms with Crippen molar-refractivity contribution in [2.24, 2.45) is 0 Å². The van der Waals surface area contributed by atoms with E-state index in [0.29, 0.717) is 22.8 Å². The van der Waals surface area contributed by atoms with E-state index in [1.54, 1.807) is 18.3 Å². The molecule has 1 aliphatic rings. The van der Waals surface area contributed by atoms with E-state index in [4.69, 9.17) is 4.42 Å². The second-order valence-electron chi connectivity index (χ2n) is 5.69.